The molecule has 1 amide bonds. The van der Waals surface area contributed by atoms with Crippen molar-refractivity contribution < 1.29 is 9.90 Å². The van der Waals surface area contributed by atoms with Crippen molar-refractivity contribution in [1.82, 2.24) is 10.3 Å². The highest BCUT2D eigenvalue weighted by Crippen LogP contribution is 2.28. The number of aromatic hydroxyl groups is 1. The number of hydrogen-bond acceptors (Lipinski definition) is 4. The van der Waals surface area contributed by atoms with Crippen molar-refractivity contribution in [2.24, 2.45) is 5.41 Å². The Morgan fingerprint density at radius 1 is 1.59 bits per heavy atom. The molecule has 1 unspecified atom stereocenters. The standard InChI is InChI=1S/C12H17N3O2/c1-8-3-4-9(16)10(14-8)15-11(17)12(2)5-6-13-7-12/h3-4,13,16H,5-7H2,1-2H3,(H,14,15,17). The van der Waals surface area contributed by atoms with E-state index in [2.05, 4.69) is 15.6 Å². The zero-order valence-corrected chi connectivity index (χ0v) is 10.1. The molecule has 1 saturated heterocycles. The first-order chi connectivity index (χ1) is 8.01. The molecule has 2 rings (SSSR count). The van der Waals surface area contributed by atoms with Crippen molar-refractivity contribution in [2.75, 3.05) is 18.4 Å². The summed E-state index contributed by atoms with van der Waals surface area (Å²) < 4.78 is 0. The van der Waals surface area contributed by atoms with Crippen LogP contribution in [0.3, 0.4) is 0 Å². The molecule has 1 aliphatic heterocycles. The van der Waals surface area contributed by atoms with Crippen molar-refractivity contribution >= 4 is 11.7 Å². The second-order valence-electron chi connectivity index (χ2n) is 4.76. The topological polar surface area (TPSA) is 74.2 Å². The van der Waals surface area contributed by atoms with E-state index < -0.39 is 5.41 Å². The van der Waals surface area contributed by atoms with Crippen LogP contribution in [-0.4, -0.2) is 29.1 Å². The summed E-state index contributed by atoms with van der Waals surface area (Å²) in [5.41, 5.74) is 0.338. The van der Waals surface area contributed by atoms with Gasteiger partial charge in [0.05, 0.1) is 5.41 Å². The van der Waals surface area contributed by atoms with Gasteiger partial charge in [0, 0.05) is 12.2 Å². The molecule has 0 radical (unpaired) electrons. The summed E-state index contributed by atoms with van der Waals surface area (Å²) >= 11 is 0. The van der Waals surface area contributed by atoms with Gasteiger partial charge in [-0.05, 0) is 38.9 Å². The minimum atomic E-state index is -0.419. The summed E-state index contributed by atoms with van der Waals surface area (Å²) in [5, 5.41) is 15.5. The molecule has 0 spiro atoms. The molecule has 5 heteroatoms. The van der Waals surface area contributed by atoms with Gasteiger partial charge in [-0.2, -0.15) is 0 Å². The minimum absolute atomic E-state index is 0.00138. The molecule has 1 aliphatic rings. The van der Waals surface area contributed by atoms with Crippen LogP contribution in [-0.2, 0) is 4.79 Å². The molecule has 1 fully saturated rings. The van der Waals surface area contributed by atoms with Crippen LogP contribution in [0.15, 0.2) is 12.1 Å². The number of nitrogens with zero attached hydrogens (tertiary/aromatic N) is 1. The summed E-state index contributed by atoms with van der Waals surface area (Å²) in [7, 11) is 0. The van der Waals surface area contributed by atoms with Crippen molar-refractivity contribution in [1.29, 1.82) is 0 Å². The van der Waals surface area contributed by atoms with Crippen LogP contribution in [0.25, 0.3) is 0 Å². The van der Waals surface area contributed by atoms with E-state index in [1.54, 1.807) is 6.07 Å². The van der Waals surface area contributed by atoms with E-state index in [1.165, 1.54) is 6.07 Å². The summed E-state index contributed by atoms with van der Waals surface area (Å²) in [5.74, 6) is 0.137. The SMILES string of the molecule is Cc1ccc(O)c(NC(=O)C2(C)CCNC2)n1. The van der Waals surface area contributed by atoms with Crippen LogP contribution >= 0.6 is 0 Å². The highest BCUT2D eigenvalue weighted by molar-refractivity contribution is 5.95. The Kier molecular flexibility index (Phi) is 3.02. The summed E-state index contributed by atoms with van der Waals surface area (Å²) in [6.45, 7) is 5.23. The molecule has 0 aliphatic carbocycles. The maximum Gasteiger partial charge on any atom is 0.232 e. The zero-order chi connectivity index (χ0) is 12.5. The quantitative estimate of drug-likeness (QED) is 0.716. The highest BCUT2D eigenvalue weighted by atomic mass is 16.3. The maximum absolute atomic E-state index is 12.1. The fourth-order valence-electron chi connectivity index (χ4n) is 1.91. The number of hydrogen-bond donors (Lipinski definition) is 3. The number of amides is 1. The summed E-state index contributed by atoms with van der Waals surface area (Å²) in [6.07, 6.45) is 0.797. The van der Waals surface area contributed by atoms with Crippen LogP contribution in [0.2, 0.25) is 0 Å². The van der Waals surface area contributed by atoms with Gasteiger partial charge in [-0.1, -0.05) is 0 Å². The Morgan fingerprint density at radius 3 is 3.00 bits per heavy atom. The molecular weight excluding hydrogens is 218 g/mol. The van der Waals surface area contributed by atoms with Gasteiger partial charge in [0.15, 0.2) is 11.6 Å². The lowest BCUT2D eigenvalue weighted by Crippen LogP contribution is -2.35. The third-order valence-corrected chi connectivity index (χ3v) is 3.16. The van der Waals surface area contributed by atoms with Gasteiger partial charge < -0.3 is 15.7 Å². The molecule has 3 N–H and O–H groups in total. The van der Waals surface area contributed by atoms with Gasteiger partial charge in [-0.3, -0.25) is 4.79 Å². The average Bonchev–Trinajstić information content (AvgIpc) is 2.72. The van der Waals surface area contributed by atoms with Crippen LogP contribution in [0.1, 0.15) is 19.0 Å². The number of pyridine rings is 1. The maximum atomic E-state index is 12.1. The van der Waals surface area contributed by atoms with Crippen LogP contribution in [0.4, 0.5) is 5.82 Å². The Labute approximate surface area is 100 Å². The second-order valence-corrected chi connectivity index (χ2v) is 4.76. The minimum Gasteiger partial charge on any atom is -0.504 e. The van der Waals surface area contributed by atoms with Gasteiger partial charge in [-0.25, -0.2) is 4.98 Å². The third kappa shape index (κ3) is 2.39. The lowest BCUT2D eigenvalue weighted by atomic mass is 9.89. The van der Waals surface area contributed by atoms with Gasteiger partial charge in [-0.15, -0.1) is 0 Å². The number of carbonyl (C=O) groups is 1. The Hall–Kier alpha value is -1.62. The number of nitrogens with one attached hydrogen (secondary N) is 2. The molecule has 2 heterocycles. The van der Waals surface area contributed by atoms with Crippen LogP contribution in [0.5, 0.6) is 5.75 Å². The smallest absolute Gasteiger partial charge is 0.232 e. The number of aryl methyl sites for hydroxylation is 1. The van der Waals surface area contributed by atoms with Crippen molar-refractivity contribution in [2.45, 2.75) is 20.3 Å². The van der Waals surface area contributed by atoms with E-state index in [0.717, 1.165) is 18.7 Å². The molecule has 0 saturated carbocycles. The Morgan fingerprint density at radius 2 is 2.35 bits per heavy atom. The molecular formula is C12H17N3O2. The molecule has 17 heavy (non-hydrogen) atoms. The molecule has 1 aromatic heterocycles. The van der Waals surface area contributed by atoms with Crippen molar-refractivity contribution in [3.63, 3.8) is 0 Å². The van der Waals surface area contributed by atoms with Crippen molar-refractivity contribution in [3.8, 4) is 5.75 Å². The first-order valence-corrected chi connectivity index (χ1v) is 5.70. The lowest BCUT2D eigenvalue weighted by molar-refractivity contribution is -0.123. The fourth-order valence-corrected chi connectivity index (χ4v) is 1.91. The summed E-state index contributed by atoms with van der Waals surface area (Å²) in [4.78, 5) is 16.2. The van der Waals surface area contributed by atoms with Crippen LogP contribution < -0.4 is 10.6 Å². The van der Waals surface area contributed by atoms with E-state index >= 15 is 0 Å². The normalized spacial score (nSPS) is 23.6. The van der Waals surface area contributed by atoms with Gasteiger partial charge in [0.1, 0.15) is 0 Å². The molecule has 1 atom stereocenters. The zero-order valence-electron chi connectivity index (χ0n) is 10.1. The largest absolute Gasteiger partial charge is 0.504 e. The fraction of sp³-hybridized carbons (Fsp3) is 0.500. The average molecular weight is 235 g/mol. The first-order valence-electron chi connectivity index (χ1n) is 5.70. The Balaban J connectivity index is 2.15. The lowest BCUT2D eigenvalue weighted by Gasteiger charge is -2.21. The van der Waals surface area contributed by atoms with Crippen molar-refractivity contribution in [3.05, 3.63) is 17.8 Å². The predicted octanol–water partition coefficient (Wildman–Crippen LogP) is 1.03. The number of aromatic nitrogens is 1. The van der Waals surface area contributed by atoms with Gasteiger partial charge in [0.25, 0.3) is 0 Å². The number of carbonyl (C=O) groups excluding carboxylic acids is 1. The second kappa shape index (κ2) is 4.33. The van der Waals surface area contributed by atoms with E-state index in [1.807, 2.05) is 13.8 Å². The molecule has 0 aromatic carbocycles. The van der Waals surface area contributed by atoms with E-state index in [4.69, 9.17) is 0 Å². The third-order valence-electron chi connectivity index (χ3n) is 3.16. The Bertz CT molecular complexity index is 439. The molecule has 0 bridgehead atoms. The monoisotopic (exact) mass is 235 g/mol. The molecule has 5 nitrogen and oxygen atoms in total. The summed E-state index contributed by atoms with van der Waals surface area (Å²) in [6, 6.07) is 3.23. The van der Waals surface area contributed by atoms with E-state index in [9.17, 15) is 9.90 Å². The number of rotatable bonds is 2. The van der Waals surface area contributed by atoms with Gasteiger partial charge >= 0.3 is 0 Å². The predicted molar refractivity (Wildman–Crippen MR) is 64.9 cm³/mol. The van der Waals surface area contributed by atoms with Crippen LogP contribution in [0, 0.1) is 12.3 Å². The molecule has 92 valence electrons. The highest BCUT2D eigenvalue weighted by Gasteiger charge is 2.36. The first kappa shape index (κ1) is 11.9. The van der Waals surface area contributed by atoms with Gasteiger partial charge in [0.2, 0.25) is 5.91 Å². The van der Waals surface area contributed by atoms with E-state index in [-0.39, 0.29) is 17.5 Å². The number of anilines is 1. The molecule has 1 aromatic rings. The van der Waals surface area contributed by atoms with E-state index in [0.29, 0.717) is 6.54 Å².